The van der Waals surface area contributed by atoms with Gasteiger partial charge in [0.25, 0.3) is 0 Å². The molecule has 0 radical (unpaired) electrons. The summed E-state index contributed by atoms with van der Waals surface area (Å²) in [7, 11) is 0. The molecule has 3 nitrogen and oxygen atoms in total. The summed E-state index contributed by atoms with van der Waals surface area (Å²) in [6.07, 6.45) is -1.10. The van der Waals surface area contributed by atoms with E-state index >= 15 is 0 Å². The van der Waals surface area contributed by atoms with E-state index in [4.69, 9.17) is 5.11 Å². The Bertz CT molecular complexity index is 144. The van der Waals surface area contributed by atoms with Crippen LogP contribution < -0.4 is 0 Å². The molecule has 0 aliphatic rings. The normalized spacial score (nSPS) is 11.0. The fourth-order valence-corrected chi connectivity index (χ4v) is 0.347. The van der Waals surface area contributed by atoms with Crippen LogP contribution in [-0.2, 0) is 9.59 Å². The first-order valence-electron chi connectivity index (χ1n) is 2.55. The molecule has 0 aromatic heterocycles. The Labute approximate surface area is 55.6 Å². The minimum atomic E-state index is -3.76. The van der Waals surface area contributed by atoms with E-state index in [1.807, 2.05) is 0 Å². The minimum absolute atomic E-state index is 0.261. The van der Waals surface area contributed by atoms with Gasteiger partial charge in [-0.05, 0) is 0 Å². The van der Waals surface area contributed by atoms with Crippen molar-refractivity contribution < 1.29 is 23.5 Å². The molecular formula is C5H6F2O3. The molecule has 0 aromatic carbocycles. The van der Waals surface area contributed by atoms with Gasteiger partial charge in [0.05, 0.1) is 0 Å². The number of hydrogen-bond acceptors (Lipinski definition) is 2. The van der Waals surface area contributed by atoms with Crippen LogP contribution in [0.25, 0.3) is 0 Å². The van der Waals surface area contributed by atoms with Crippen LogP contribution in [-0.4, -0.2) is 23.3 Å². The van der Waals surface area contributed by atoms with E-state index in [2.05, 4.69) is 0 Å². The van der Waals surface area contributed by atoms with Gasteiger partial charge in [-0.1, -0.05) is 0 Å². The van der Waals surface area contributed by atoms with Crippen molar-refractivity contribution in [2.75, 3.05) is 0 Å². The zero-order valence-corrected chi connectivity index (χ0v) is 5.01. The van der Waals surface area contributed by atoms with Crippen LogP contribution in [0, 0.1) is 0 Å². The lowest BCUT2D eigenvalue weighted by Gasteiger charge is -2.06. The van der Waals surface area contributed by atoms with Crippen LogP contribution in [0.2, 0.25) is 0 Å². The topological polar surface area (TPSA) is 54.4 Å². The van der Waals surface area contributed by atoms with Crippen molar-refractivity contribution in [2.45, 2.75) is 18.8 Å². The molecule has 1 N–H and O–H groups in total. The first kappa shape index (κ1) is 9.00. The average Bonchev–Trinajstić information content (AvgIpc) is 1.84. The molecule has 58 valence electrons. The van der Waals surface area contributed by atoms with Crippen LogP contribution in [0.1, 0.15) is 12.8 Å². The zero-order valence-electron chi connectivity index (χ0n) is 5.01. The van der Waals surface area contributed by atoms with Crippen LogP contribution in [0.4, 0.5) is 8.78 Å². The molecule has 0 aromatic rings. The number of carboxylic acids is 1. The van der Waals surface area contributed by atoms with Gasteiger partial charge in [-0.25, -0.2) is 4.79 Å². The number of aldehydes is 1. The summed E-state index contributed by atoms with van der Waals surface area (Å²) in [5.74, 6) is -5.95. The third kappa shape index (κ3) is 2.52. The number of rotatable bonds is 4. The van der Waals surface area contributed by atoms with Gasteiger partial charge in [0.15, 0.2) is 0 Å². The number of aliphatic carboxylic acids is 1. The highest BCUT2D eigenvalue weighted by atomic mass is 19.3. The van der Waals surface area contributed by atoms with Crippen molar-refractivity contribution in [3.63, 3.8) is 0 Å². The van der Waals surface area contributed by atoms with E-state index in [-0.39, 0.29) is 6.29 Å². The van der Waals surface area contributed by atoms with E-state index in [9.17, 15) is 18.4 Å². The lowest BCUT2D eigenvalue weighted by Crippen LogP contribution is -2.27. The molecule has 0 rings (SSSR count). The maximum absolute atomic E-state index is 12.0. The Balaban J connectivity index is 3.86. The Morgan fingerprint density at radius 2 is 2.10 bits per heavy atom. The van der Waals surface area contributed by atoms with Crippen molar-refractivity contribution in [1.29, 1.82) is 0 Å². The van der Waals surface area contributed by atoms with E-state index < -0.39 is 24.7 Å². The molecule has 0 bridgehead atoms. The van der Waals surface area contributed by atoms with Gasteiger partial charge in [0.2, 0.25) is 0 Å². The molecule has 0 spiro atoms. The quantitative estimate of drug-likeness (QED) is 0.603. The highest BCUT2D eigenvalue weighted by Gasteiger charge is 2.37. The largest absolute Gasteiger partial charge is 0.477 e. The summed E-state index contributed by atoms with van der Waals surface area (Å²) in [6.45, 7) is 0. The molecule has 0 aliphatic heterocycles. The maximum atomic E-state index is 12.0. The number of carbonyl (C=O) groups is 2. The van der Waals surface area contributed by atoms with Gasteiger partial charge in [0, 0.05) is 12.8 Å². The number of carbonyl (C=O) groups excluding carboxylic acids is 1. The monoisotopic (exact) mass is 152 g/mol. The molecule has 0 saturated heterocycles. The fraction of sp³-hybridized carbons (Fsp3) is 0.600. The molecule has 0 unspecified atom stereocenters. The number of carboxylic acid groups (broad SMARTS) is 1. The molecule has 5 heteroatoms. The molecule has 10 heavy (non-hydrogen) atoms. The highest BCUT2D eigenvalue weighted by molar-refractivity contribution is 5.75. The number of hydrogen-bond donors (Lipinski definition) is 1. The number of alkyl halides is 2. The second kappa shape index (κ2) is 3.24. The van der Waals surface area contributed by atoms with Gasteiger partial charge in [0.1, 0.15) is 6.29 Å². The molecule has 0 fully saturated rings. The summed E-state index contributed by atoms with van der Waals surface area (Å²) in [6, 6.07) is 0. The van der Waals surface area contributed by atoms with Crippen LogP contribution in [0.3, 0.4) is 0 Å². The van der Waals surface area contributed by atoms with E-state index in [0.29, 0.717) is 0 Å². The Morgan fingerprint density at radius 3 is 2.40 bits per heavy atom. The molecule has 0 heterocycles. The average molecular weight is 152 g/mol. The first-order valence-corrected chi connectivity index (χ1v) is 2.55. The fourth-order valence-electron chi connectivity index (χ4n) is 0.347. The Kier molecular flexibility index (Phi) is 2.92. The molecule has 0 amide bonds. The lowest BCUT2D eigenvalue weighted by atomic mass is 10.2. The van der Waals surface area contributed by atoms with E-state index in [1.54, 1.807) is 0 Å². The van der Waals surface area contributed by atoms with Crippen molar-refractivity contribution in [3.05, 3.63) is 0 Å². The lowest BCUT2D eigenvalue weighted by molar-refractivity contribution is -0.165. The number of halogens is 2. The second-order valence-electron chi connectivity index (χ2n) is 1.71. The third-order valence-electron chi connectivity index (χ3n) is 0.889. The standard InChI is InChI=1S/C5H6F2O3/c6-5(7,4(9)10)2-1-3-8/h3H,1-2H2,(H,9,10). The molecule has 0 saturated carbocycles. The molecule has 0 atom stereocenters. The Hall–Kier alpha value is -1.00. The van der Waals surface area contributed by atoms with Crippen molar-refractivity contribution in [1.82, 2.24) is 0 Å². The van der Waals surface area contributed by atoms with E-state index in [1.165, 1.54) is 0 Å². The highest BCUT2D eigenvalue weighted by Crippen LogP contribution is 2.19. The zero-order chi connectivity index (χ0) is 8.20. The molecular weight excluding hydrogens is 146 g/mol. The minimum Gasteiger partial charge on any atom is -0.477 e. The van der Waals surface area contributed by atoms with Crippen molar-refractivity contribution >= 4 is 12.3 Å². The van der Waals surface area contributed by atoms with E-state index in [0.717, 1.165) is 0 Å². The van der Waals surface area contributed by atoms with Crippen molar-refractivity contribution in [2.24, 2.45) is 0 Å². The summed E-state index contributed by atoms with van der Waals surface area (Å²) >= 11 is 0. The summed E-state index contributed by atoms with van der Waals surface area (Å²) in [5, 5.41) is 7.80. The van der Waals surface area contributed by atoms with Gasteiger partial charge in [-0.3, -0.25) is 0 Å². The predicted molar refractivity (Wildman–Crippen MR) is 27.9 cm³/mol. The first-order chi connectivity index (χ1) is 4.50. The summed E-state index contributed by atoms with van der Waals surface area (Å²) in [5.41, 5.74) is 0. The van der Waals surface area contributed by atoms with Crippen LogP contribution in [0.5, 0.6) is 0 Å². The van der Waals surface area contributed by atoms with Crippen LogP contribution >= 0.6 is 0 Å². The Morgan fingerprint density at radius 1 is 1.60 bits per heavy atom. The SMILES string of the molecule is O=CCCC(F)(F)C(=O)O. The summed E-state index contributed by atoms with van der Waals surface area (Å²) < 4.78 is 23.9. The maximum Gasteiger partial charge on any atom is 0.374 e. The third-order valence-corrected chi connectivity index (χ3v) is 0.889. The van der Waals surface area contributed by atoms with Gasteiger partial charge in [-0.15, -0.1) is 0 Å². The van der Waals surface area contributed by atoms with Crippen molar-refractivity contribution in [3.8, 4) is 0 Å². The second-order valence-corrected chi connectivity index (χ2v) is 1.71. The van der Waals surface area contributed by atoms with Gasteiger partial charge < -0.3 is 9.90 Å². The molecule has 0 aliphatic carbocycles. The van der Waals surface area contributed by atoms with Gasteiger partial charge >= 0.3 is 11.9 Å². The predicted octanol–water partition coefficient (Wildman–Crippen LogP) is 0.685. The summed E-state index contributed by atoms with van der Waals surface area (Å²) in [4.78, 5) is 19.2. The van der Waals surface area contributed by atoms with Crippen LogP contribution in [0.15, 0.2) is 0 Å². The van der Waals surface area contributed by atoms with Gasteiger partial charge in [-0.2, -0.15) is 8.78 Å². The smallest absolute Gasteiger partial charge is 0.374 e.